The predicted octanol–water partition coefficient (Wildman–Crippen LogP) is 2.00. The van der Waals surface area contributed by atoms with Gasteiger partial charge in [0.25, 0.3) is 11.8 Å². The maximum Gasteiger partial charge on any atom is 0.416 e. The van der Waals surface area contributed by atoms with Crippen LogP contribution in [0.4, 0.5) is 0 Å². The number of oxazole rings is 1. The summed E-state index contributed by atoms with van der Waals surface area (Å²) in [5.74, 6) is -2.82. The van der Waals surface area contributed by atoms with E-state index in [9.17, 15) is 19.2 Å². The van der Waals surface area contributed by atoms with Crippen LogP contribution in [0.15, 0.2) is 64.0 Å². The van der Waals surface area contributed by atoms with Crippen LogP contribution in [0.25, 0.3) is 11.3 Å². The van der Waals surface area contributed by atoms with Crippen molar-refractivity contribution in [3.05, 3.63) is 82.0 Å². The molecule has 0 fully saturated rings. The molecule has 0 saturated carbocycles. The first-order chi connectivity index (χ1) is 12.5. The Morgan fingerprint density at radius 1 is 0.923 bits per heavy atom. The lowest BCUT2D eigenvalue weighted by atomic mass is 10.1. The van der Waals surface area contributed by atoms with Gasteiger partial charge in [0.2, 0.25) is 0 Å². The van der Waals surface area contributed by atoms with Crippen molar-refractivity contribution in [1.82, 2.24) is 10.0 Å². The zero-order valence-corrected chi connectivity index (χ0v) is 13.1. The summed E-state index contributed by atoms with van der Waals surface area (Å²) in [6.07, 6.45) is 1.26. The van der Waals surface area contributed by atoms with Crippen molar-refractivity contribution in [2.45, 2.75) is 0 Å². The number of H-pyrrole nitrogens is 1. The van der Waals surface area contributed by atoms with Crippen LogP contribution in [-0.2, 0) is 4.84 Å². The third-order valence-corrected chi connectivity index (χ3v) is 3.88. The quantitative estimate of drug-likeness (QED) is 0.724. The van der Waals surface area contributed by atoms with Crippen molar-refractivity contribution in [1.29, 1.82) is 0 Å². The number of imide groups is 1. The van der Waals surface area contributed by atoms with Gasteiger partial charge in [-0.25, -0.2) is 9.59 Å². The number of carbonyl (C=O) groups excluding carboxylic acids is 3. The SMILES string of the molecule is O=C(ON1C(=O)c2ccccc2C1=O)c1ccc(-c2coc(=O)[nH]2)cc1. The molecule has 4 rings (SSSR count). The average molecular weight is 350 g/mol. The van der Waals surface area contributed by atoms with Crippen molar-refractivity contribution < 1.29 is 23.6 Å². The second-order valence-electron chi connectivity index (χ2n) is 5.47. The Bertz CT molecular complexity index is 1060. The summed E-state index contributed by atoms with van der Waals surface area (Å²) in [6.45, 7) is 0. The summed E-state index contributed by atoms with van der Waals surface area (Å²) in [6, 6.07) is 12.2. The van der Waals surface area contributed by atoms with Crippen molar-refractivity contribution in [2.75, 3.05) is 0 Å². The molecule has 128 valence electrons. The van der Waals surface area contributed by atoms with Gasteiger partial charge >= 0.3 is 11.7 Å². The van der Waals surface area contributed by atoms with Gasteiger partial charge in [-0.3, -0.25) is 14.6 Å². The second kappa shape index (κ2) is 5.85. The highest BCUT2D eigenvalue weighted by Crippen LogP contribution is 2.24. The van der Waals surface area contributed by atoms with E-state index in [0.29, 0.717) is 16.3 Å². The van der Waals surface area contributed by atoms with Gasteiger partial charge in [-0.05, 0) is 24.3 Å². The minimum Gasteiger partial charge on any atom is -0.416 e. The number of hydrogen-bond donors (Lipinski definition) is 1. The van der Waals surface area contributed by atoms with Gasteiger partial charge in [-0.15, -0.1) is 0 Å². The lowest BCUT2D eigenvalue weighted by Crippen LogP contribution is -2.32. The first kappa shape index (κ1) is 15.6. The Hall–Kier alpha value is -3.94. The molecule has 0 bridgehead atoms. The van der Waals surface area contributed by atoms with Crippen molar-refractivity contribution in [3.8, 4) is 11.3 Å². The van der Waals surface area contributed by atoms with Gasteiger partial charge in [0.1, 0.15) is 6.26 Å². The molecule has 1 aliphatic heterocycles. The molecule has 0 atom stereocenters. The van der Waals surface area contributed by atoms with Crippen molar-refractivity contribution >= 4 is 17.8 Å². The zero-order valence-electron chi connectivity index (χ0n) is 13.1. The molecular weight excluding hydrogens is 340 g/mol. The average Bonchev–Trinajstić information content (AvgIpc) is 3.20. The molecule has 1 N–H and O–H groups in total. The number of hydroxylamine groups is 2. The van der Waals surface area contributed by atoms with Gasteiger partial charge in [-0.1, -0.05) is 29.3 Å². The van der Waals surface area contributed by atoms with Crippen LogP contribution in [0.2, 0.25) is 0 Å². The molecule has 0 spiro atoms. The minimum absolute atomic E-state index is 0.135. The molecule has 2 aromatic carbocycles. The summed E-state index contributed by atoms with van der Waals surface area (Å²) >= 11 is 0. The number of nitrogens with one attached hydrogen (secondary N) is 1. The van der Waals surface area contributed by atoms with E-state index in [0.717, 1.165) is 0 Å². The first-order valence-corrected chi connectivity index (χ1v) is 7.53. The molecular formula is C18H10N2O6. The van der Waals surface area contributed by atoms with Gasteiger partial charge in [0.15, 0.2) is 0 Å². The standard InChI is InChI=1S/C18H10N2O6/c21-15-12-3-1-2-4-13(12)16(22)20(15)26-17(23)11-7-5-10(6-8-11)14-9-25-18(24)19-14/h1-9H,(H,19,24). The van der Waals surface area contributed by atoms with E-state index in [1.807, 2.05) is 0 Å². The molecule has 3 aromatic rings. The van der Waals surface area contributed by atoms with Crippen LogP contribution in [0.1, 0.15) is 31.1 Å². The Morgan fingerprint density at radius 3 is 2.08 bits per heavy atom. The van der Waals surface area contributed by atoms with Gasteiger partial charge in [0, 0.05) is 5.56 Å². The van der Waals surface area contributed by atoms with Gasteiger partial charge in [0.05, 0.1) is 22.4 Å². The van der Waals surface area contributed by atoms with Crippen LogP contribution in [-0.4, -0.2) is 27.8 Å². The second-order valence-corrected chi connectivity index (χ2v) is 5.47. The van der Waals surface area contributed by atoms with Crippen LogP contribution in [0.3, 0.4) is 0 Å². The number of aromatic nitrogens is 1. The van der Waals surface area contributed by atoms with Gasteiger partial charge in [-0.2, -0.15) is 0 Å². The molecule has 2 heterocycles. The van der Waals surface area contributed by atoms with E-state index in [-0.39, 0.29) is 16.7 Å². The largest absolute Gasteiger partial charge is 0.416 e. The Morgan fingerprint density at radius 2 is 1.54 bits per heavy atom. The predicted molar refractivity (Wildman–Crippen MR) is 87.1 cm³/mol. The maximum absolute atomic E-state index is 12.3. The van der Waals surface area contributed by atoms with Gasteiger partial charge < -0.3 is 9.25 Å². The first-order valence-electron chi connectivity index (χ1n) is 7.53. The van der Waals surface area contributed by atoms with Crippen LogP contribution >= 0.6 is 0 Å². The fourth-order valence-electron chi connectivity index (χ4n) is 2.59. The van der Waals surface area contributed by atoms with E-state index in [1.54, 1.807) is 24.3 Å². The molecule has 0 radical (unpaired) electrons. The maximum atomic E-state index is 12.3. The van der Waals surface area contributed by atoms with E-state index in [2.05, 4.69) is 9.40 Å². The lowest BCUT2D eigenvalue weighted by molar-refractivity contribution is -0.0584. The number of amides is 2. The normalized spacial score (nSPS) is 13.0. The van der Waals surface area contributed by atoms with Crippen molar-refractivity contribution in [3.63, 3.8) is 0 Å². The number of hydrogen-bond acceptors (Lipinski definition) is 6. The highest BCUT2D eigenvalue weighted by molar-refractivity contribution is 6.21. The molecule has 0 aliphatic carbocycles. The summed E-state index contributed by atoms with van der Waals surface area (Å²) in [5.41, 5.74) is 1.58. The molecule has 1 aromatic heterocycles. The molecule has 2 amide bonds. The molecule has 1 aliphatic rings. The van der Waals surface area contributed by atoms with Crippen LogP contribution < -0.4 is 5.76 Å². The Balaban J connectivity index is 1.53. The topological polar surface area (TPSA) is 110 Å². The van der Waals surface area contributed by atoms with E-state index >= 15 is 0 Å². The third kappa shape index (κ3) is 2.49. The number of rotatable bonds is 3. The van der Waals surface area contributed by atoms with Crippen LogP contribution in [0.5, 0.6) is 0 Å². The monoisotopic (exact) mass is 350 g/mol. The highest BCUT2D eigenvalue weighted by atomic mass is 16.7. The molecule has 0 saturated heterocycles. The number of aromatic amines is 1. The van der Waals surface area contributed by atoms with Crippen LogP contribution in [0, 0.1) is 0 Å². The smallest absolute Gasteiger partial charge is 0.416 e. The molecule has 8 heteroatoms. The summed E-state index contributed by atoms with van der Waals surface area (Å²) in [5, 5.41) is 0.453. The highest BCUT2D eigenvalue weighted by Gasteiger charge is 2.38. The molecule has 0 unspecified atom stereocenters. The summed E-state index contributed by atoms with van der Waals surface area (Å²) < 4.78 is 4.66. The summed E-state index contributed by atoms with van der Waals surface area (Å²) in [7, 11) is 0. The third-order valence-electron chi connectivity index (χ3n) is 3.88. The lowest BCUT2D eigenvalue weighted by Gasteiger charge is -2.12. The number of benzene rings is 2. The van der Waals surface area contributed by atoms with E-state index < -0.39 is 23.5 Å². The fraction of sp³-hybridized carbons (Fsp3) is 0. The fourth-order valence-corrected chi connectivity index (χ4v) is 2.59. The van der Waals surface area contributed by atoms with E-state index in [1.165, 1.54) is 30.5 Å². The number of carbonyl (C=O) groups is 3. The van der Waals surface area contributed by atoms with E-state index in [4.69, 9.17) is 4.84 Å². The van der Waals surface area contributed by atoms with Crippen molar-refractivity contribution in [2.24, 2.45) is 0 Å². The minimum atomic E-state index is -0.855. The molecule has 8 nitrogen and oxygen atoms in total. The number of nitrogens with zero attached hydrogens (tertiary/aromatic N) is 1. The molecule has 26 heavy (non-hydrogen) atoms. The Labute approximate surface area is 145 Å². The number of fused-ring (bicyclic) bond motifs is 1. The zero-order chi connectivity index (χ0) is 18.3. The Kier molecular flexibility index (Phi) is 3.51. The summed E-state index contributed by atoms with van der Waals surface area (Å²) in [4.78, 5) is 55.1.